The lowest BCUT2D eigenvalue weighted by Gasteiger charge is -2.14. The van der Waals surface area contributed by atoms with Gasteiger partial charge in [-0.2, -0.15) is 0 Å². The SMILES string of the molecule is c1ccc(-c2ccc(-n3c4ccccc4c4c5ccc6ccccc6c5c5ccccc5c43)cc2)nc1. The van der Waals surface area contributed by atoms with Gasteiger partial charge in [0.05, 0.1) is 16.7 Å². The van der Waals surface area contributed by atoms with Gasteiger partial charge in [0, 0.05) is 33.6 Å². The van der Waals surface area contributed by atoms with E-state index in [2.05, 4.69) is 125 Å². The Bertz CT molecular complexity index is 2120. The van der Waals surface area contributed by atoms with Crippen LogP contribution in [-0.2, 0) is 0 Å². The molecule has 2 heterocycles. The van der Waals surface area contributed by atoms with E-state index in [4.69, 9.17) is 0 Å². The minimum Gasteiger partial charge on any atom is -0.309 e. The van der Waals surface area contributed by atoms with Crippen molar-refractivity contribution >= 4 is 54.1 Å². The number of aromatic nitrogens is 2. The molecule has 2 nitrogen and oxygen atoms in total. The zero-order chi connectivity index (χ0) is 24.3. The Labute approximate surface area is 214 Å². The van der Waals surface area contributed by atoms with Crippen LogP contribution in [0, 0.1) is 0 Å². The topological polar surface area (TPSA) is 17.8 Å². The fourth-order valence-electron chi connectivity index (χ4n) is 6.03. The van der Waals surface area contributed by atoms with Crippen molar-refractivity contribution in [2.45, 2.75) is 0 Å². The lowest BCUT2D eigenvalue weighted by molar-refractivity contribution is 1.19. The number of pyridine rings is 1. The summed E-state index contributed by atoms with van der Waals surface area (Å²) in [6, 6.07) is 45.8. The van der Waals surface area contributed by atoms with Crippen LogP contribution in [0.2, 0.25) is 0 Å². The fourth-order valence-corrected chi connectivity index (χ4v) is 6.03. The molecule has 0 bridgehead atoms. The maximum atomic E-state index is 4.53. The van der Waals surface area contributed by atoms with E-state index in [9.17, 15) is 0 Å². The van der Waals surface area contributed by atoms with Gasteiger partial charge in [0.2, 0.25) is 0 Å². The number of hydrogen-bond acceptors (Lipinski definition) is 1. The molecular formula is C35H22N2. The number of fused-ring (bicyclic) bond motifs is 10. The molecule has 8 rings (SSSR count). The Balaban J connectivity index is 1.55. The summed E-state index contributed by atoms with van der Waals surface area (Å²) in [7, 11) is 0. The van der Waals surface area contributed by atoms with Crippen LogP contribution in [0.4, 0.5) is 0 Å². The van der Waals surface area contributed by atoms with E-state index < -0.39 is 0 Å². The van der Waals surface area contributed by atoms with Crippen LogP contribution in [0.25, 0.3) is 71.1 Å². The quantitative estimate of drug-likeness (QED) is 0.230. The van der Waals surface area contributed by atoms with Gasteiger partial charge < -0.3 is 4.57 Å². The molecule has 0 spiro atoms. The van der Waals surface area contributed by atoms with E-state index in [1.807, 2.05) is 18.3 Å². The summed E-state index contributed by atoms with van der Waals surface area (Å²) in [4.78, 5) is 4.53. The van der Waals surface area contributed by atoms with E-state index in [1.54, 1.807) is 0 Å². The highest BCUT2D eigenvalue weighted by Crippen LogP contribution is 2.44. The highest BCUT2D eigenvalue weighted by Gasteiger charge is 2.19. The van der Waals surface area contributed by atoms with Crippen LogP contribution in [-0.4, -0.2) is 9.55 Å². The molecule has 0 atom stereocenters. The monoisotopic (exact) mass is 470 g/mol. The number of nitrogens with zero attached hydrogens (tertiary/aromatic N) is 2. The molecule has 0 saturated heterocycles. The highest BCUT2D eigenvalue weighted by molar-refractivity contribution is 6.36. The third kappa shape index (κ3) is 2.90. The van der Waals surface area contributed by atoms with Gasteiger partial charge in [-0.3, -0.25) is 4.98 Å². The van der Waals surface area contributed by atoms with Gasteiger partial charge in [0.1, 0.15) is 0 Å². The molecule has 0 aliphatic rings. The average molecular weight is 471 g/mol. The molecule has 6 aromatic carbocycles. The summed E-state index contributed by atoms with van der Waals surface area (Å²) < 4.78 is 2.43. The van der Waals surface area contributed by atoms with E-state index in [0.29, 0.717) is 0 Å². The van der Waals surface area contributed by atoms with Gasteiger partial charge in [-0.1, -0.05) is 97.1 Å². The molecule has 172 valence electrons. The van der Waals surface area contributed by atoms with Crippen molar-refractivity contribution in [2.75, 3.05) is 0 Å². The Hall–Kier alpha value is -4.95. The van der Waals surface area contributed by atoms with Crippen LogP contribution < -0.4 is 0 Å². The van der Waals surface area contributed by atoms with Gasteiger partial charge in [0.15, 0.2) is 0 Å². The Morgan fingerprint density at radius 3 is 1.97 bits per heavy atom. The van der Waals surface area contributed by atoms with Crippen LogP contribution in [0.5, 0.6) is 0 Å². The van der Waals surface area contributed by atoms with Crippen LogP contribution >= 0.6 is 0 Å². The highest BCUT2D eigenvalue weighted by atomic mass is 15.0. The Kier molecular flexibility index (Phi) is 4.26. The minimum absolute atomic E-state index is 0.986. The number of benzene rings is 6. The third-order valence-corrected chi connectivity index (χ3v) is 7.61. The van der Waals surface area contributed by atoms with Crippen molar-refractivity contribution in [3.05, 3.63) is 134 Å². The van der Waals surface area contributed by atoms with Crippen LogP contribution in [0.1, 0.15) is 0 Å². The van der Waals surface area contributed by atoms with Gasteiger partial charge in [-0.15, -0.1) is 0 Å². The summed E-state index contributed by atoms with van der Waals surface area (Å²) in [5.41, 5.74) is 5.72. The molecule has 0 amide bonds. The first-order valence-electron chi connectivity index (χ1n) is 12.7. The summed E-state index contributed by atoms with van der Waals surface area (Å²) >= 11 is 0. The molecule has 0 N–H and O–H groups in total. The predicted octanol–water partition coefficient (Wildman–Crippen LogP) is 9.31. The second kappa shape index (κ2) is 7.78. The lowest BCUT2D eigenvalue weighted by Crippen LogP contribution is -1.95. The van der Waals surface area contributed by atoms with Crippen LogP contribution in [0.3, 0.4) is 0 Å². The summed E-state index contributed by atoms with van der Waals surface area (Å²) in [6.45, 7) is 0. The molecule has 0 aliphatic carbocycles. The minimum atomic E-state index is 0.986. The molecule has 0 unspecified atom stereocenters. The maximum Gasteiger partial charge on any atom is 0.0701 e. The third-order valence-electron chi connectivity index (χ3n) is 7.61. The second-order valence-electron chi connectivity index (χ2n) is 9.59. The van der Waals surface area contributed by atoms with Crippen molar-refractivity contribution in [3.63, 3.8) is 0 Å². The molecular weight excluding hydrogens is 448 g/mol. The van der Waals surface area contributed by atoms with Gasteiger partial charge in [-0.05, 0) is 57.3 Å². The first-order chi connectivity index (χ1) is 18.4. The molecule has 0 saturated carbocycles. The van der Waals surface area contributed by atoms with Crippen molar-refractivity contribution < 1.29 is 0 Å². The normalized spacial score (nSPS) is 11.8. The van der Waals surface area contributed by atoms with Gasteiger partial charge in [-0.25, -0.2) is 0 Å². The number of para-hydroxylation sites is 1. The number of rotatable bonds is 2. The predicted molar refractivity (Wildman–Crippen MR) is 157 cm³/mol. The smallest absolute Gasteiger partial charge is 0.0701 e. The van der Waals surface area contributed by atoms with E-state index in [0.717, 1.165) is 16.9 Å². The lowest BCUT2D eigenvalue weighted by atomic mass is 9.93. The first-order valence-corrected chi connectivity index (χ1v) is 12.7. The zero-order valence-electron chi connectivity index (χ0n) is 20.1. The van der Waals surface area contributed by atoms with Crippen molar-refractivity contribution in [1.29, 1.82) is 0 Å². The largest absolute Gasteiger partial charge is 0.309 e. The molecule has 2 aromatic heterocycles. The first kappa shape index (κ1) is 20.3. The molecule has 8 aromatic rings. The summed E-state index contributed by atoms with van der Waals surface area (Å²) in [5.74, 6) is 0. The van der Waals surface area contributed by atoms with E-state index in [1.165, 1.54) is 54.1 Å². The molecule has 0 fully saturated rings. The van der Waals surface area contributed by atoms with Crippen molar-refractivity contribution in [2.24, 2.45) is 0 Å². The maximum absolute atomic E-state index is 4.53. The zero-order valence-corrected chi connectivity index (χ0v) is 20.1. The van der Waals surface area contributed by atoms with E-state index in [-0.39, 0.29) is 0 Å². The van der Waals surface area contributed by atoms with Crippen LogP contribution in [0.15, 0.2) is 134 Å². The molecule has 0 aliphatic heterocycles. The molecule has 2 heteroatoms. The van der Waals surface area contributed by atoms with Crippen molar-refractivity contribution in [3.8, 4) is 16.9 Å². The summed E-state index contributed by atoms with van der Waals surface area (Å²) in [5, 5.41) is 10.3. The van der Waals surface area contributed by atoms with E-state index >= 15 is 0 Å². The number of hydrogen-bond donors (Lipinski definition) is 0. The van der Waals surface area contributed by atoms with Crippen molar-refractivity contribution in [1.82, 2.24) is 9.55 Å². The Morgan fingerprint density at radius 1 is 0.459 bits per heavy atom. The standard InChI is InChI=1S/C35H22N2/c1-2-10-26-23(9-1)18-21-30-33(26)27-11-3-4-12-28(27)35-34(30)29-13-5-6-15-32(29)37(35)25-19-16-24(17-20-25)31-14-7-8-22-36-31/h1-22H. The second-order valence-corrected chi connectivity index (χ2v) is 9.59. The van der Waals surface area contributed by atoms with Gasteiger partial charge in [0.25, 0.3) is 0 Å². The van der Waals surface area contributed by atoms with Gasteiger partial charge >= 0.3 is 0 Å². The summed E-state index contributed by atoms with van der Waals surface area (Å²) in [6.07, 6.45) is 1.84. The fraction of sp³-hybridized carbons (Fsp3) is 0. The molecule has 0 radical (unpaired) electrons. The Morgan fingerprint density at radius 2 is 1.16 bits per heavy atom. The molecule has 37 heavy (non-hydrogen) atoms. The average Bonchev–Trinajstić information content (AvgIpc) is 3.33.